The van der Waals surface area contributed by atoms with Crippen molar-refractivity contribution < 1.29 is 19.1 Å². The molecule has 1 aromatic carbocycles. The molecule has 0 atom stereocenters. The number of azo groups is 1. The second-order valence-electron chi connectivity index (χ2n) is 8.34. The van der Waals surface area contributed by atoms with E-state index in [4.69, 9.17) is 16.0 Å². The number of H-pyrrole nitrogens is 1. The normalized spacial score (nSPS) is 11.7. The van der Waals surface area contributed by atoms with Crippen LogP contribution in [0.3, 0.4) is 0 Å². The van der Waals surface area contributed by atoms with Crippen LogP contribution in [0.5, 0.6) is 0 Å². The fourth-order valence-corrected chi connectivity index (χ4v) is 4.54. The molecule has 0 radical (unpaired) electrons. The Morgan fingerprint density at radius 2 is 1.89 bits per heavy atom. The number of rotatable bonds is 7. The van der Waals surface area contributed by atoms with Gasteiger partial charge in [0.2, 0.25) is 0 Å². The Kier molecular flexibility index (Phi) is 6.52. The second-order valence-corrected chi connectivity index (χ2v) is 9.11. The Labute approximate surface area is 219 Å². The lowest BCUT2D eigenvalue weighted by Crippen LogP contribution is -2.04. The molecule has 0 spiro atoms. The molecule has 14 heteroatoms. The maximum Gasteiger partial charge on any atom is 0.352 e. The molecule has 1 N–H and O–H groups in total. The van der Waals surface area contributed by atoms with E-state index in [0.717, 1.165) is 11.5 Å². The Bertz CT molecular complexity index is 1790. The lowest BCUT2D eigenvalue weighted by Gasteiger charge is -2.01. The fraction of sp³-hybridized carbons (Fsp3) is 0.292. The number of benzene rings is 1. The van der Waals surface area contributed by atoms with Gasteiger partial charge in [-0.3, -0.25) is 0 Å². The van der Waals surface area contributed by atoms with Crippen LogP contribution in [0.25, 0.3) is 32.4 Å². The lowest BCUT2D eigenvalue weighted by molar-refractivity contribution is 0.0522. The van der Waals surface area contributed by atoms with Gasteiger partial charge in [-0.2, -0.15) is 14.6 Å². The third-order valence-corrected chi connectivity index (χ3v) is 6.39. The summed E-state index contributed by atoms with van der Waals surface area (Å²) in [6, 6.07) is 5.10. The van der Waals surface area contributed by atoms with E-state index in [-0.39, 0.29) is 41.1 Å². The quantitative estimate of drug-likeness (QED) is 0.160. The first-order chi connectivity index (χ1) is 18.4. The van der Waals surface area contributed by atoms with Gasteiger partial charge in [0, 0.05) is 11.3 Å². The summed E-state index contributed by atoms with van der Waals surface area (Å²) < 4.78 is 16.1. The Hall–Kier alpha value is -4.77. The van der Waals surface area contributed by atoms with Crippen LogP contribution < -0.4 is 0 Å². The van der Waals surface area contributed by atoms with Gasteiger partial charge in [0.05, 0.1) is 31.0 Å². The number of hydrogen-bond acceptors (Lipinski definition) is 11. The molecule has 0 aliphatic carbocycles. The highest BCUT2D eigenvalue weighted by atomic mass is 32.1. The van der Waals surface area contributed by atoms with Crippen LogP contribution in [0.4, 0.5) is 17.2 Å². The summed E-state index contributed by atoms with van der Waals surface area (Å²) >= 11 is 0.989. The molecule has 0 amide bonds. The van der Waals surface area contributed by atoms with E-state index in [9.17, 15) is 9.59 Å². The Morgan fingerprint density at radius 3 is 2.61 bits per heavy atom. The van der Waals surface area contributed by atoms with Gasteiger partial charge in [0.25, 0.3) is 5.69 Å². The number of carbonyl (C=O) groups excluding carboxylic acids is 2. The summed E-state index contributed by atoms with van der Waals surface area (Å²) in [6.45, 7) is 15.4. The minimum absolute atomic E-state index is 0.0196. The van der Waals surface area contributed by atoms with E-state index in [1.54, 1.807) is 32.0 Å². The molecule has 192 valence electrons. The SMILES string of the molecule is [C-]#[N+]c1c(C(=O)OCC)c2[nH]c(C(C)C)nn2c1/N=N/c1ccc2nnc3c(C(=O)OCC)snc3c2c1. The molecule has 4 aromatic heterocycles. The summed E-state index contributed by atoms with van der Waals surface area (Å²) in [5.74, 6) is -0.411. The highest BCUT2D eigenvalue weighted by molar-refractivity contribution is 7.09. The number of hydrogen-bond donors (Lipinski definition) is 1. The van der Waals surface area contributed by atoms with Crippen molar-refractivity contribution in [3.63, 3.8) is 0 Å². The summed E-state index contributed by atoms with van der Waals surface area (Å²) in [5, 5.41) is 22.1. The van der Waals surface area contributed by atoms with Gasteiger partial charge in [-0.1, -0.05) is 13.8 Å². The molecule has 0 unspecified atom stereocenters. The largest absolute Gasteiger partial charge is 0.463 e. The number of fused-ring (bicyclic) bond motifs is 4. The van der Waals surface area contributed by atoms with E-state index in [1.165, 1.54) is 4.52 Å². The van der Waals surface area contributed by atoms with E-state index < -0.39 is 11.9 Å². The van der Waals surface area contributed by atoms with Crippen molar-refractivity contribution in [3.8, 4) is 0 Å². The molecule has 0 bridgehead atoms. The van der Waals surface area contributed by atoms with Crippen molar-refractivity contribution in [1.29, 1.82) is 0 Å². The summed E-state index contributed by atoms with van der Waals surface area (Å²) in [5.41, 5.74) is 2.18. The molecule has 5 rings (SSSR count). The van der Waals surface area contributed by atoms with E-state index in [0.29, 0.717) is 39.1 Å². The third kappa shape index (κ3) is 4.12. The number of carbonyl (C=O) groups is 2. The molecule has 4 heterocycles. The molecule has 13 nitrogen and oxygen atoms in total. The maximum absolute atomic E-state index is 12.7. The van der Waals surface area contributed by atoms with E-state index >= 15 is 0 Å². The number of aromatic nitrogens is 6. The number of aromatic amines is 1. The minimum atomic E-state index is -0.649. The fourth-order valence-electron chi connectivity index (χ4n) is 3.81. The lowest BCUT2D eigenvalue weighted by atomic mass is 10.2. The predicted octanol–water partition coefficient (Wildman–Crippen LogP) is 5.66. The first-order valence-corrected chi connectivity index (χ1v) is 12.5. The molecular formula is C24H21N9O4S. The molecule has 38 heavy (non-hydrogen) atoms. The van der Waals surface area contributed by atoms with Crippen molar-refractivity contribution in [3.05, 3.63) is 45.9 Å². The van der Waals surface area contributed by atoms with Gasteiger partial charge in [-0.05, 0) is 43.6 Å². The number of ether oxygens (including phenoxy) is 2. The molecule has 0 saturated heterocycles. The number of esters is 2. The van der Waals surface area contributed by atoms with E-state index in [2.05, 4.69) is 39.7 Å². The van der Waals surface area contributed by atoms with Crippen LogP contribution in [-0.4, -0.2) is 54.3 Å². The van der Waals surface area contributed by atoms with Gasteiger partial charge < -0.3 is 14.5 Å². The van der Waals surface area contributed by atoms with Crippen LogP contribution in [0.2, 0.25) is 0 Å². The highest BCUT2D eigenvalue weighted by Crippen LogP contribution is 2.39. The topological polar surface area (TPSA) is 153 Å². The van der Waals surface area contributed by atoms with Crippen LogP contribution in [0, 0.1) is 6.57 Å². The Balaban J connectivity index is 1.62. The monoisotopic (exact) mass is 531 g/mol. The number of nitrogens with zero attached hydrogens (tertiary/aromatic N) is 8. The van der Waals surface area contributed by atoms with Crippen molar-refractivity contribution in [2.75, 3.05) is 13.2 Å². The van der Waals surface area contributed by atoms with Crippen molar-refractivity contribution in [2.45, 2.75) is 33.6 Å². The minimum Gasteiger partial charge on any atom is -0.463 e. The first kappa shape index (κ1) is 24.9. The van der Waals surface area contributed by atoms with Gasteiger partial charge in [-0.15, -0.1) is 15.3 Å². The number of nitrogens with one attached hydrogen (secondary N) is 1. The molecule has 0 fully saturated rings. The van der Waals surface area contributed by atoms with E-state index in [1.807, 2.05) is 13.8 Å². The molecule has 5 aromatic rings. The van der Waals surface area contributed by atoms with Crippen molar-refractivity contribution in [1.82, 2.24) is 29.2 Å². The predicted molar refractivity (Wildman–Crippen MR) is 139 cm³/mol. The van der Waals surface area contributed by atoms with Crippen LogP contribution in [0.1, 0.15) is 59.5 Å². The average molecular weight is 532 g/mol. The average Bonchev–Trinajstić information content (AvgIpc) is 3.59. The van der Waals surface area contributed by atoms with Gasteiger partial charge in [0.15, 0.2) is 10.7 Å². The standard InChI is InChI=1S/C24H21N9O4S/c1-6-36-23(34)15-17(25-5)22(33-21(15)26-20(31-33)11(3)4)30-27-12-8-9-14-13(10-12)16-18(29-28-14)19(38-32-16)24(35)37-7-2/h8-11H,6-7H2,1-4H3,(H,26,31)/b30-27+. The zero-order chi connectivity index (χ0) is 27.0. The van der Waals surface area contributed by atoms with Crippen LogP contribution in [-0.2, 0) is 9.47 Å². The molecular weight excluding hydrogens is 510 g/mol. The maximum atomic E-state index is 12.7. The van der Waals surface area contributed by atoms with Gasteiger partial charge in [-0.25, -0.2) is 18.9 Å². The smallest absolute Gasteiger partial charge is 0.352 e. The van der Waals surface area contributed by atoms with Crippen LogP contribution in [0.15, 0.2) is 28.4 Å². The first-order valence-electron chi connectivity index (χ1n) is 11.7. The zero-order valence-electron chi connectivity index (χ0n) is 20.8. The van der Waals surface area contributed by atoms with Gasteiger partial charge in [0.1, 0.15) is 28.1 Å². The zero-order valence-corrected chi connectivity index (χ0v) is 21.7. The van der Waals surface area contributed by atoms with Crippen molar-refractivity contribution in [2.24, 2.45) is 10.2 Å². The van der Waals surface area contributed by atoms with Gasteiger partial charge >= 0.3 is 11.9 Å². The summed E-state index contributed by atoms with van der Waals surface area (Å²) in [6.07, 6.45) is 0. The van der Waals surface area contributed by atoms with Crippen molar-refractivity contribution >= 4 is 68.2 Å². The highest BCUT2D eigenvalue weighted by Gasteiger charge is 2.28. The molecule has 0 saturated carbocycles. The third-order valence-electron chi connectivity index (χ3n) is 5.57. The summed E-state index contributed by atoms with van der Waals surface area (Å²) in [7, 11) is 0. The summed E-state index contributed by atoms with van der Waals surface area (Å²) in [4.78, 5) is 31.9. The Morgan fingerprint density at radius 1 is 1.13 bits per heavy atom. The molecule has 0 aliphatic heterocycles. The van der Waals surface area contributed by atoms with Crippen LogP contribution >= 0.6 is 11.5 Å². The molecule has 0 aliphatic rings. The second kappa shape index (κ2) is 9.94.